The lowest BCUT2D eigenvalue weighted by Crippen LogP contribution is -2.46. The molecule has 2 atom stereocenters. The summed E-state index contributed by atoms with van der Waals surface area (Å²) in [6.07, 6.45) is -3.58. The standard InChI is InChI=1S/C18H22F4N4O/c1-25-7-6-16(14(19)10-25)24-15-4-3-5-17-13(15)8-12(9-23-27-2)26(17)11-18(20,21)22/h3-5,8-9,14,16,24H,6-7,10-11H2,1-2H3/b23-9+/t14-,16+/m0/s1. The molecule has 0 unspecified atom stereocenters. The zero-order chi connectivity index (χ0) is 19.6. The highest BCUT2D eigenvalue weighted by molar-refractivity contribution is 5.98. The lowest BCUT2D eigenvalue weighted by molar-refractivity contribution is -0.139. The van der Waals surface area contributed by atoms with Crippen LogP contribution in [0.15, 0.2) is 29.4 Å². The number of likely N-dealkylation sites (tertiary alicyclic amines) is 1. The van der Waals surface area contributed by atoms with E-state index in [2.05, 4.69) is 15.3 Å². The van der Waals surface area contributed by atoms with Crippen LogP contribution in [-0.4, -0.2) is 61.3 Å². The monoisotopic (exact) mass is 386 g/mol. The number of nitrogens with zero attached hydrogens (tertiary/aromatic N) is 3. The summed E-state index contributed by atoms with van der Waals surface area (Å²) in [4.78, 5) is 6.53. The number of nitrogens with one attached hydrogen (secondary N) is 1. The zero-order valence-electron chi connectivity index (χ0n) is 15.1. The van der Waals surface area contributed by atoms with Crippen molar-refractivity contribution < 1.29 is 22.4 Å². The van der Waals surface area contributed by atoms with Crippen molar-refractivity contribution in [2.75, 3.05) is 32.6 Å². The minimum Gasteiger partial charge on any atom is -0.399 e. The summed E-state index contributed by atoms with van der Waals surface area (Å²) in [6.45, 7) is -0.0612. The van der Waals surface area contributed by atoms with Gasteiger partial charge < -0.3 is 19.6 Å². The Bertz CT molecular complexity index is 818. The number of halogens is 4. The third-order valence-corrected chi connectivity index (χ3v) is 4.69. The largest absolute Gasteiger partial charge is 0.406 e. The molecule has 1 aliphatic heterocycles. The van der Waals surface area contributed by atoms with Crippen molar-refractivity contribution in [2.24, 2.45) is 5.16 Å². The van der Waals surface area contributed by atoms with Crippen molar-refractivity contribution in [1.29, 1.82) is 0 Å². The molecule has 2 heterocycles. The predicted molar refractivity (Wildman–Crippen MR) is 97.0 cm³/mol. The highest BCUT2D eigenvalue weighted by Gasteiger charge is 2.31. The summed E-state index contributed by atoms with van der Waals surface area (Å²) < 4.78 is 54.6. The second-order valence-electron chi connectivity index (χ2n) is 6.74. The fraction of sp³-hybridized carbons (Fsp3) is 0.500. The van der Waals surface area contributed by atoms with E-state index in [-0.39, 0.29) is 11.7 Å². The molecule has 148 valence electrons. The molecule has 5 nitrogen and oxygen atoms in total. The van der Waals surface area contributed by atoms with Gasteiger partial charge in [-0.2, -0.15) is 13.2 Å². The van der Waals surface area contributed by atoms with Crippen molar-refractivity contribution in [3.63, 3.8) is 0 Å². The third kappa shape index (κ3) is 4.52. The summed E-state index contributed by atoms with van der Waals surface area (Å²) in [7, 11) is 3.18. The van der Waals surface area contributed by atoms with E-state index in [1.165, 1.54) is 13.3 Å². The second-order valence-corrected chi connectivity index (χ2v) is 6.74. The number of hydrogen-bond acceptors (Lipinski definition) is 4. The summed E-state index contributed by atoms with van der Waals surface area (Å²) in [5.41, 5.74) is 1.27. The van der Waals surface area contributed by atoms with E-state index >= 15 is 0 Å². The van der Waals surface area contributed by atoms with Crippen LogP contribution in [0, 0.1) is 0 Å². The number of rotatable bonds is 5. The van der Waals surface area contributed by atoms with E-state index in [1.54, 1.807) is 24.3 Å². The van der Waals surface area contributed by atoms with Crippen molar-refractivity contribution in [3.05, 3.63) is 30.0 Å². The molecule has 3 rings (SSSR count). The van der Waals surface area contributed by atoms with Crippen LogP contribution in [0.2, 0.25) is 0 Å². The second kappa shape index (κ2) is 7.75. The van der Waals surface area contributed by atoms with Crippen molar-refractivity contribution in [3.8, 4) is 0 Å². The minimum absolute atomic E-state index is 0.263. The number of piperidine rings is 1. The van der Waals surface area contributed by atoms with Gasteiger partial charge in [0.1, 0.15) is 19.8 Å². The number of aromatic nitrogens is 1. The van der Waals surface area contributed by atoms with Crippen LogP contribution in [0.3, 0.4) is 0 Å². The maximum absolute atomic E-state index is 14.4. The van der Waals surface area contributed by atoms with Crippen molar-refractivity contribution >= 4 is 22.8 Å². The van der Waals surface area contributed by atoms with Gasteiger partial charge in [0.2, 0.25) is 0 Å². The van der Waals surface area contributed by atoms with Crippen LogP contribution >= 0.6 is 0 Å². The zero-order valence-corrected chi connectivity index (χ0v) is 15.1. The van der Waals surface area contributed by atoms with Crippen molar-refractivity contribution in [1.82, 2.24) is 9.47 Å². The average molecular weight is 386 g/mol. The van der Waals surface area contributed by atoms with Gasteiger partial charge in [0, 0.05) is 24.2 Å². The first-order valence-corrected chi connectivity index (χ1v) is 8.63. The van der Waals surface area contributed by atoms with E-state index in [1.807, 2.05) is 11.9 Å². The molecule has 2 aromatic rings. The molecule has 0 spiro atoms. The lowest BCUT2D eigenvalue weighted by atomic mass is 10.0. The fourth-order valence-electron chi connectivity index (χ4n) is 3.42. The molecule has 1 saturated heterocycles. The van der Waals surface area contributed by atoms with E-state index in [0.29, 0.717) is 29.6 Å². The molecule has 0 bridgehead atoms. The van der Waals surface area contributed by atoms with Crippen LogP contribution in [0.1, 0.15) is 12.1 Å². The molecule has 0 radical (unpaired) electrons. The SMILES string of the molecule is CO/N=C/c1cc2c(N[C@@H]3CCN(C)C[C@@H]3F)cccc2n1CC(F)(F)F. The maximum atomic E-state index is 14.4. The Morgan fingerprint density at radius 1 is 1.37 bits per heavy atom. The molecule has 1 N–H and O–H groups in total. The van der Waals surface area contributed by atoms with Crippen LogP contribution in [-0.2, 0) is 11.4 Å². The first-order valence-electron chi connectivity index (χ1n) is 8.63. The quantitative estimate of drug-likeness (QED) is 0.485. The van der Waals surface area contributed by atoms with Gasteiger partial charge >= 0.3 is 6.18 Å². The number of fused-ring (bicyclic) bond motifs is 1. The minimum atomic E-state index is -4.39. The normalized spacial score (nSPS) is 21.9. The van der Waals surface area contributed by atoms with Crippen LogP contribution < -0.4 is 5.32 Å². The summed E-state index contributed by atoms with van der Waals surface area (Å²) in [6, 6.07) is 6.25. The first-order chi connectivity index (χ1) is 12.8. The molecule has 9 heteroatoms. The highest BCUT2D eigenvalue weighted by atomic mass is 19.4. The van der Waals surface area contributed by atoms with Gasteiger partial charge in [-0.25, -0.2) is 4.39 Å². The molecule has 0 aliphatic carbocycles. The molecular weight excluding hydrogens is 364 g/mol. The first kappa shape index (κ1) is 19.5. The lowest BCUT2D eigenvalue weighted by Gasteiger charge is -2.33. The Balaban J connectivity index is 1.98. The Labute approximate surface area is 154 Å². The van der Waals surface area contributed by atoms with E-state index in [9.17, 15) is 17.6 Å². The molecule has 27 heavy (non-hydrogen) atoms. The summed E-state index contributed by atoms with van der Waals surface area (Å²) >= 11 is 0. The van der Waals surface area contributed by atoms with Gasteiger partial charge in [-0.15, -0.1) is 0 Å². The van der Waals surface area contributed by atoms with Gasteiger partial charge in [0.05, 0.1) is 23.5 Å². The number of alkyl halides is 4. The Morgan fingerprint density at radius 3 is 2.81 bits per heavy atom. The molecule has 1 aromatic heterocycles. The van der Waals surface area contributed by atoms with E-state index in [4.69, 9.17) is 0 Å². The number of anilines is 1. The van der Waals surface area contributed by atoms with E-state index < -0.39 is 18.9 Å². The molecule has 1 aromatic carbocycles. The van der Waals surface area contributed by atoms with E-state index in [0.717, 1.165) is 11.1 Å². The Kier molecular flexibility index (Phi) is 5.59. The van der Waals surface area contributed by atoms with Gasteiger partial charge in [-0.1, -0.05) is 11.2 Å². The molecule has 0 saturated carbocycles. The van der Waals surface area contributed by atoms with Gasteiger partial charge in [0.25, 0.3) is 0 Å². The van der Waals surface area contributed by atoms with Gasteiger partial charge in [-0.05, 0) is 31.7 Å². The fourth-order valence-corrected chi connectivity index (χ4v) is 3.42. The summed E-state index contributed by atoms with van der Waals surface area (Å²) in [5, 5.41) is 7.36. The van der Waals surface area contributed by atoms with Gasteiger partial charge in [-0.3, -0.25) is 0 Å². The molecule has 1 fully saturated rings. The number of oxime groups is 1. The molecule has 1 aliphatic rings. The number of hydrogen-bond donors (Lipinski definition) is 1. The molecular formula is C18H22F4N4O. The Morgan fingerprint density at radius 2 is 2.15 bits per heavy atom. The molecule has 0 amide bonds. The highest BCUT2D eigenvalue weighted by Crippen LogP contribution is 2.31. The number of benzene rings is 1. The van der Waals surface area contributed by atoms with Gasteiger partial charge in [0.15, 0.2) is 0 Å². The topological polar surface area (TPSA) is 41.8 Å². The van der Waals surface area contributed by atoms with Crippen LogP contribution in [0.5, 0.6) is 0 Å². The Hall–Kier alpha value is -2.29. The van der Waals surface area contributed by atoms with Crippen molar-refractivity contribution in [2.45, 2.75) is 31.4 Å². The maximum Gasteiger partial charge on any atom is 0.406 e. The van der Waals surface area contributed by atoms with Crippen LogP contribution in [0.4, 0.5) is 23.2 Å². The smallest absolute Gasteiger partial charge is 0.399 e. The summed E-state index contributed by atoms with van der Waals surface area (Å²) in [5.74, 6) is 0. The van der Waals surface area contributed by atoms with Crippen LogP contribution in [0.25, 0.3) is 10.9 Å². The predicted octanol–water partition coefficient (Wildman–Crippen LogP) is 3.64. The average Bonchev–Trinajstić information content (AvgIpc) is 2.92. The third-order valence-electron chi connectivity index (χ3n) is 4.69.